The Labute approximate surface area is 125 Å². The van der Waals surface area contributed by atoms with Gasteiger partial charge < -0.3 is 15.8 Å². The predicted octanol–water partition coefficient (Wildman–Crippen LogP) is 2.42. The molecule has 1 aliphatic rings. The van der Waals surface area contributed by atoms with Crippen LogP contribution in [0.15, 0.2) is 30.5 Å². The van der Waals surface area contributed by atoms with Crippen LogP contribution in [-0.2, 0) is 6.54 Å². The molecular formula is C15H14N4OS. The van der Waals surface area contributed by atoms with Gasteiger partial charge in [0.05, 0.1) is 0 Å². The third-order valence-corrected chi connectivity index (χ3v) is 4.32. The minimum Gasteiger partial charge on any atom is -0.492 e. The Morgan fingerprint density at radius 2 is 2.19 bits per heavy atom. The van der Waals surface area contributed by atoms with E-state index in [1.807, 2.05) is 18.3 Å². The van der Waals surface area contributed by atoms with Crippen molar-refractivity contribution >= 4 is 26.8 Å². The number of anilines is 1. The number of thiazole rings is 1. The molecule has 0 spiro atoms. The fourth-order valence-electron chi connectivity index (χ4n) is 2.49. The Kier molecular flexibility index (Phi) is 2.98. The van der Waals surface area contributed by atoms with E-state index >= 15 is 0 Å². The molecule has 0 fully saturated rings. The van der Waals surface area contributed by atoms with Crippen molar-refractivity contribution in [1.82, 2.24) is 15.3 Å². The largest absolute Gasteiger partial charge is 0.492 e. The number of nitrogen functional groups attached to an aromatic ring is 1. The zero-order valence-electron chi connectivity index (χ0n) is 11.3. The van der Waals surface area contributed by atoms with Crippen molar-refractivity contribution < 1.29 is 4.74 Å². The van der Waals surface area contributed by atoms with E-state index in [1.165, 1.54) is 16.9 Å². The van der Waals surface area contributed by atoms with Gasteiger partial charge in [-0.2, -0.15) is 0 Å². The average Bonchev–Trinajstić information content (AvgIpc) is 2.71. The molecule has 5 nitrogen and oxygen atoms in total. The highest BCUT2D eigenvalue weighted by atomic mass is 32.1. The van der Waals surface area contributed by atoms with Gasteiger partial charge in [0, 0.05) is 30.4 Å². The SMILES string of the molecule is Nc1nc2cc(-c3ccc4c(c3)CNCCO4)cnc2s1. The maximum atomic E-state index is 5.73. The number of ether oxygens (including phenoxy) is 1. The van der Waals surface area contributed by atoms with Gasteiger partial charge in [0.1, 0.15) is 22.7 Å². The summed E-state index contributed by atoms with van der Waals surface area (Å²) in [6.07, 6.45) is 1.87. The number of hydrogen-bond acceptors (Lipinski definition) is 6. The Bertz CT molecular complexity index is 815. The van der Waals surface area contributed by atoms with Crippen molar-refractivity contribution in [2.45, 2.75) is 6.54 Å². The van der Waals surface area contributed by atoms with E-state index in [-0.39, 0.29) is 0 Å². The van der Waals surface area contributed by atoms with Crippen LogP contribution in [0.5, 0.6) is 5.75 Å². The third-order valence-electron chi connectivity index (χ3n) is 3.51. The minimum absolute atomic E-state index is 0.550. The molecule has 0 amide bonds. The summed E-state index contributed by atoms with van der Waals surface area (Å²) in [6, 6.07) is 8.26. The predicted molar refractivity (Wildman–Crippen MR) is 84.5 cm³/mol. The lowest BCUT2D eigenvalue weighted by atomic mass is 10.0. The molecule has 0 unspecified atom stereocenters. The van der Waals surface area contributed by atoms with Crippen LogP contribution in [0.1, 0.15) is 5.56 Å². The third kappa shape index (κ3) is 2.32. The Hall–Kier alpha value is -2.18. The number of hydrogen-bond donors (Lipinski definition) is 2. The minimum atomic E-state index is 0.550. The normalized spacial score (nSPS) is 14.5. The molecular weight excluding hydrogens is 284 g/mol. The zero-order chi connectivity index (χ0) is 14.2. The molecule has 4 rings (SSSR count). The Morgan fingerprint density at radius 3 is 3.14 bits per heavy atom. The van der Waals surface area contributed by atoms with Gasteiger partial charge in [-0.05, 0) is 23.8 Å². The fraction of sp³-hybridized carbons (Fsp3) is 0.200. The van der Waals surface area contributed by atoms with E-state index in [4.69, 9.17) is 10.5 Å². The van der Waals surface area contributed by atoms with Gasteiger partial charge >= 0.3 is 0 Å². The number of benzene rings is 1. The number of nitrogens with one attached hydrogen (secondary N) is 1. The summed E-state index contributed by atoms with van der Waals surface area (Å²) in [4.78, 5) is 9.61. The lowest BCUT2D eigenvalue weighted by Crippen LogP contribution is -2.16. The summed E-state index contributed by atoms with van der Waals surface area (Å²) >= 11 is 1.41. The van der Waals surface area contributed by atoms with Gasteiger partial charge in [0.25, 0.3) is 0 Å². The first-order valence-corrected chi connectivity index (χ1v) is 7.60. The Morgan fingerprint density at radius 1 is 1.24 bits per heavy atom. The molecule has 0 radical (unpaired) electrons. The molecule has 1 aliphatic heterocycles. The molecule has 3 N–H and O–H groups in total. The number of aromatic nitrogens is 2. The van der Waals surface area contributed by atoms with Crippen LogP contribution >= 0.6 is 11.3 Å². The van der Waals surface area contributed by atoms with Crippen molar-refractivity contribution in [3.63, 3.8) is 0 Å². The van der Waals surface area contributed by atoms with Gasteiger partial charge in [-0.25, -0.2) is 9.97 Å². The summed E-state index contributed by atoms with van der Waals surface area (Å²) in [7, 11) is 0. The van der Waals surface area contributed by atoms with Crippen LogP contribution in [0.25, 0.3) is 21.5 Å². The molecule has 106 valence electrons. The topological polar surface area (TPSA) is 73.1 Å². The second-order valence-electron chi connectivity index (χ2n) is 4.95. The molecule has 0 bridgehead atoms. The number of rotatable bonds is 1. The molecule has 0 saturated heterocycles. The van der Waals surface area contributed by atoms with E-state index in [9.17, 15) is 0 Å². The first-order chi connectivity index (χ1) is 10.3. The first-order valence-electron chi connectivity index (χ1n) is 6.78. The van der Waals surface area contributed by atoms with Gasteiger partial charge in [-0.3, -0.25) is 0 Å². The van der Waals surface area contributed by atoms with E-state index in [2.05, 4.69) is 27.4 Å². The van der Waals surface area contributed by atoms with E-state index in [0.29, 0.717) is 11.7 Å². The van der Waals surface area contributed by atoms with Crippen LogP contribution < -0.4 is 15.8 Å². The highest BCUT2D eigenvalue weighted by Gasteiger charge is 2.11. The zero-order valence-corrected chi connectivity index (χ0v) is 12.1. The number of nitrogens with two attached hydrogens (primary N) is 1. The second-order valence-corrected chi connectivity index (χ2v) is 5.96. The molecule has 3 heterocycles. The van der Waals surface area contributed by atoms with Crippen molar-refractivity contribution in [3.8, 4) is 16.9 Å². The monoisotopic (exact) mass is 298 g/mol. The van der Waals surface area contributed by atoms with Crippen LogP contribution in [0.4, 0.5) is 5.13 Å². The van der Waals surface area contributed by atoms with Crippen LogP contribution in [0.3, 0.4) is 0 Å². The summed E-state index contributed by atoms with van der Waals surface area (Å²) in [5, 5.41) is 3.90. The number of fused-ring (bicyclic) bond motifs is 2. The molecule has 2 aromatic heterocycles. The lowest BCUT2D eigenvalue weighted by Gasteiger charge is -2.09. The van der Waals surface area contributed by atoms with Gasteiger partial charge in [-0.1, -0.05) is 17.4 Å². The van der Waals surface area contributed by atoms with Crippen molar-refractivity contribution in [2.24, 2.45) is 0 Å². The molecule has 21 heavy (non-hydrogen) atoms. The second kappa shape index (κ2) is 4.98. The molecule has 0 saturated carbocycles. The molecule has 0 atom stereocenters. The molecule has 0 aliphatic carbocycles. The van der Waals surface area contributed by atoms with E-state index < -0.39 is 0 Å². The van der Waals surface area contributed by atoms with E-state index in [1.54, 1.807) is 0 Å². The lowest BCUT2D eigenvalue weighted by molar-refractivity contribution is 0.326. The Balaban J connectivity index is 1.78. The summed E-state index contributed by atoms with van der Waals surface area (Å²) in [5.74, 6) is 0.954. The standard InChI is InChI=1S/C15H14N4OS/c16-15-19-12-6-10(8-18-14(12)21-15)9-1-2-13-11(5-9)7-17-3-4-20-13/h1-2,5-6,8,17H,3-4,7H2,(H2,16,19). The van der Waals surface area contributed by atoms with Crippen LogP contribution in [0, 0.1) is 0 Å². The van der Waals surface area contributed by atoms with Crippen molar-refractivity contribution in [2.75, 3.05) is 18.9 Å². The fourth-order valence-corrected chi connectivity index (χ4v) is 3.15. The number of pyridine rings is 1. The quantitative estimate of drug-likeness (QED) is 0.722. The smallest absolute Gasteiger partial charge is 0.182 e. The van der Waals surface area contributed by atoms with Crippen molar-refractivity contribution in [1.29, 1.82) is 0 Å². The van der Waals surface area contributed by atoms with Gasteiger partial charge in [0.15, 0.2) is 5.13 Å². The van der Waals surface area contributed by atoms with Crippen LogP contribution in [-0.4, -0.2) is 23.1 Å². The maximum absolute atomic E-state index is 5.73. The highest BCUT2D eigenvalue weighted by Crippen LogP contribution is 2.30. The van der Waals surface area contributed by atoms with Gasteiger partial charge in [0.2, 0.25) is 0 Å². The first kappa shape index (κ1) is 12.6. The average molecular weight is 298 g/mol. The molecule has 6 heteroatoms. The maximum Gasteiger partial charge on any atom is 0.182 e. The van der Waals surface area contributed by atoms with Crippen molar-refractivity contribution in [3.05, 3.63) is 36.0 Å². The van der Waals surface area contributed by atoms with E-state index in [0.717, 1.165) is 40.3 Å². The summed E-state index contributed by atoms with van der Waals surface area (Å²) in [6.45, 7) is 2.40. The molecule has 3 aromatic rings. The number of nitrogens with zero attached hydrogens (tertiary/aromatic N) is 2. The summed E-state index contributed by atoms with van der Waals surface area (Å²) < 4.78 is 5.71. The van der Waals surface area contributed by atoms with Crippen LogP contribution in [0.2, 0.25) is 0 Å². The highest BCUT2D eigenvalue weighted by molar-refractivity contribution is 7.21. The summed E-state index contributed by atoms with van der Waals surface area (Å²) in [5.41, 5.74) is 9.90. The van der Waals surface area contributed by atoms with Gasteiger partial charge in [-0.15, -0.1) is 0 Å². The molecule has 1 aromatic carbocycles.